The van der Waals surface area contributed by atoms with Crippen LogP contribution in [0.3, 0.4) is 0 Å². The van der Waals surface area contributed by atoms with Gasteiger partial charge in [0.05, 0.1) is 0 Å². The van der Waals surface area contributed by atoms with Gasteiger partial charge >= 0.3 is 6.61 Å². The molecule has 0 saturated heterocycles. The van der Waals surface area contributed by atoms with E-state index in [-0.39, 0.29) is 11.7 Å². The first-order valence-electron chi connectivity index (χ1n) is 4.15. The van der Waals surface area contributed by atoms with E-state index in [9.17, 15) is 8.78 Å². The topological polar surface area (TPSA) is 9.23 Å². The van der Waals surface area contributed by atoms with E-state index in [1.54, 1.807) is 25.1 Å². The van der Waals surface area contributed by atoms with E-state index in [1.807, 2.05) is 0 Å². The van der Waals surface area contributed by atoms with E-state index in [0.717, 1.165) is 0 Å². The van der Waals surface area contributed by atoms with Gasteiger partial charge in [0, 0.05) is 11.5 Å². The lowest BCUT2D eigenvalue weighted by Gasteiger charge is -2.11. The van der Waals surface area contributed by atoms with Crippen molar-refractivity contribution in [3.63, 3.8) is 0 Å². The SMILES string of the molecule is C#CC(C)c1ccccc1OC(F)F. The first-order valence-corrected chi connectivity index (χ1v) is 4.15. The summed E-state index contributed by atoms with van der Waals surface area (Å²) in [6, 6.07) is 6.53. The van der Waals surface area contributed by atoms with E-state index in [2.05, 4.69) is 10.7 Å². The Balaban J connectivity index is 2.98. The highest BCUT2D eigenvalue weighted by molar-refractivity contribution is 5.39. The molecule has 0 heterocycles. The minimum atomic E-state index is -2.82. The molecule has 1 rings (SSSR count). The van der Waals surface area contributed by atoms with Crippen molar-refractivity contribution in [3.05, 3.63) is 29.8 Å². The third-order valence-electron chi connectivity index (χ3n) is 1.85. The number of para-hydroxylation sites is 1. The van der Waals surface area contributed by atoms with Gasteiger partial charge in [-0.1, -0.05) is 24.1 Å². The predicted octanol–water partition coefficient (Wildman–Crippen LogP) is 3.02. The van der Waals surface area contributed by atoms with Crippen LogP contribution in [0.2, 0.25) is 0 Å². The summed E-state index contributed by atoms with van der Waals surface area (Å²) in [6.07, 6.45) is 5.21. The molecule has 0 aliphatic carbocycles. The van der Waals surface area contributed by atoms with Gasteiger partial charge in [-0.15, -0.1) is 6.42 Å². The molecule has 0 spiro atoms. The van der Waals surface area contributed by atoms with Gasteiger partial charge in [-0.25, -0.2) is 0 Å². The maximum Gasteiger partial charge on any atom is 0.387 e. The summed E-state index contributed by atoms with van der Waals surface area (Å²) in [5.74, 6) is 2.38. The zero-order valence-electron chi connectivity index (χ0n) is 7.71. The molecule has 1 unspecified atom stereocenters. The van der Waals surface area contributed by atoms with Crippen LogP contribution in [0.15, 0.2) is 24.3 Å². The molecule has 0 fully saturated rings. The van der Waals surface area contributed by atoms with Gasteiger partial charge in [0.25, 0.3) is 0 Å². The molecule has 1 aromatic carbocycles. The standard InChI is InChI=1S/C11H10F2O/c1-3-8(2)9-6-4-5-7-10(9)14-11(12)13/h1,4-8,11H,2H3. The maximum absolute atomic E-state index is 12.0. The van der Waals surface area contributed by atoms with Gasteiger partial charge in [-0.05, 0) is 13.0 Å². The Bertz CT molecular complexity index is 341. The van der Waals surface area contributed by atoms with Crippen molar-refractivity contribution in [2.75, 3.05) is 0 Å². The van der Waals surface area contributed by atoms with Crippen LogP contribution >= 0.6 is 0 Å². The van der Waals surface area contributed by atoms with Crippen molar-refractivity contribution in [3.8, 4) is 18.1 Å². The molecule has 3 heteroatoms. The summed E-state index contributed by atoms with van der Waals surface area (Å²) in [4.78, 5) is 0. The highest BCUT2D eigenvalue weighted by Crippen LogP contribution is 2.26. The Morgan fingerprint density at radius 2 is 2.00 bits per heavy atom. The largest absolute Gasteiger partial charge is 0.434 e. The zero-order chi connectivity index (χ0) is 10.6. The number of hydrogen-bond acceptors (Lipinski definition) is 1. The minimum Gasteiger partial charge on any atom is -0.434 e. The second kappa shape index (κ2) is 4.61. The quantitative estimate of drug-likeness (QED) is 0.675. The molecular formula is C11H10F2O. The number of rotatable bonds is 3. The summed E-state index contributed by atoms with van der Waals surface area (Å²) in [6.45, 7) is -1.06. The van der Waals surface area contributed by atoms with Crippen molar-refractivity contribution in [2.24, 2.45) is 0 Å². The summed E-state index contributed by atoms with van der Waals surface area (Å²) in [7, 11) is 0. The van der Waals surface area contributed by atoms with Crippen molar-refractivity contribution in [1.82, 2.24) is 0 Å². The molecule has 1 atom stereocenters. The first kappa shape index (κ1) is 10.5. The molecule has 14 heavy (non-hydrogen) atoms. The van der Waals surface area contributed by atoms with E-state index in [4.69, 9.17) is 6.42 Å². The van der Waals surface area contributed by atoms with E-state index >= 15 is 0 Å². The van der Waals surface area contributed by atoms with Crippen LogP contribution in [0.5, 0.6) is 5.75 Å². The van der Waals surface area contributed by atoms with Crippen molar-refractivity contribution in [1.29, 1.82) is 0 Å². The Morgan fingerprint density at radius 1 is 1.36 bits per heavy atom. The third kappa shape index (κ3) is 2.46. The lowest BCUT2D eigenvalue weighted by Crippen LogP contribution is -2.05. The van der Waals surface area contributed by atoms with Gasteiger partial charge in [0.15, 0.2) is 0 Å². The van der Waals surface area contributed by atoms with Crippen LogP contribution in [0.1, 0.15) is 18.4 Å². The Kier molecular flexibility index (Phi) is 3.47. The Labute approximate surface area is 81.7 Å². The van der Waals surface area contributed by atoms with Gasteiger partial charge < -0.3 is 4.74 Å². The van der Waals surface area contributed by atoms with Crippen molar-refractivity contribution < 1.29 is 13.5 Å². The fourth-order valence-corrected chi connectivity index (χ4v) is 1.13. The van der Waals surface area contributed by atoms with Crippen LogP contribution in [0.25, 0.3) is 0 Å². The van der Waals surface area contributed by atoms with E-state index < -0.39 is 6.61 Å². The average molecular weight is 196 g/mol. The average Bonchev–Trinajstić information content (AvgIpc) is 2.16. The van der Waals surface area contributed by atoms with Crippen LogP contribution in [-0.2, 0) is 0 Å². The molecule has 1 aromatic rings. The molecular weight excluding hydrogens is 186 g/mol. The fraction of sp³-hybridized carbons (Fsp3) is 0.273. The van der Waals surface area contributed by atoms with Crippen molar-refractivity contribution >= 4 is 0 Å². The first-order chi connectivity index (χ1) is 6.65. The number of halogens is 2. The molecule has 0 radical (unpaired) electrons. The normalized spacial score (nSPS) is 12.2. The van der Waals surface area contributed by atoms with Crippen LogP contribution < -0.4 is 4.74 Å². The predicted molar refractivity (Wildman–Crippen MR) is 50.3 cm³/mol. The van der Waals surface area contributed by atoms with Gasteiger partial charge in [0.2, 0.25) is 0 Å². The fourth-order valence-electron chi connectivity index (χ4n) is 1.13. The summed E-state index contributed by atoms with van der Waals surface area (Å²) in [5.41, 5.74) is 0.607. The molecule has 74 valence electrons. The van der Waals surface area contributed by atoms with Gasteiger partial charge in [-0.3, -0.25) is 0 Å². The smallest absolute Gasteiger partial charge is 0.387 e. The Hall–Kier alpha value is -1.56. The minimum absolute atomic E-state index is 0.146. The third-order valence-corrected chi connectivity index (χ3v) is 1.85. The highest BCUT2D eigenvalue weighted by Gasteiger charge is 2.12. The molecule has 0 aliphatic rings. The monoisotopic (exact) mass is 196 g/mol. The lowest BCUT2D eigenvalue weighted by molar-refractivity contribution is -0.0504. The van der Waals surface area contributed by atoms with E-state index in [1.165, 1.54) is 6.07 Å². The molecule has 0 saturated carbocycles. The van der Waals surface area contributed by atoms with Crippen molar-refractivity contribution in [2.45, 2.75) is 19.5 Å². The van der Waals surface area contributed by atoms with Crippen LogP contribution in [0, 0.1) is 12.3 Å². The lowest BCUT2D eigenvalue weighted by atomic mass is 10.0. The van der Waals surface area contributed by atoms with Crippen LogP contribution in [-0.4, -0.2) is 6.61 Å². The Morgan fingerprint density at radius 3 is 2.57 bits per heavy atom. The number of alkyl halides is 2. The summed E-state index contributed by atoms with van der Waals surface area (Å²) >= 11 is 0. The number of terminal acetylenes is 1. The zero-order valence-corrected chi connectivity index (χ0v) is 7.71. The van der Waals surface area contributed by atoms with Gasteiger partial charge in [0.1, 0.15) is 5.75 Å². The second-order valence-electron chi connectivity index (χ2n) is 2.80. The van der Waals surface area contributed by atoms with Crippen LogP contribution in [0.4, 0.5) is 8.78 Å². The second-order valence-corrected chi connectivity index (χ2v) is 2.80. The molecule has 1 nitrogen and oxygen atoms in total. The summed E-state index contributed by atoms with van der Waals surface area (Å²) < 4.78 is 28.3. The molecule has 0 aliphatic heterocycles. The number of ether oxygens (including phenoxy) is 1. The summed E-state index contributed by atoms with van der Waals surface area (Å²) in [5, 5.41) is 0. The molecule has 0 amide bonds. The molecule has 0 bridgehead atoms. The highest BCUT2D eigenvalue weighted by atomic mass is 19.3. The number of hydrogen-bond donors (Lipinski definition) is 0. The van der Waals surface area contributed by atoms with E-state index in [0.29, 0.717) is 5.56 Å². The number of benzene rings is 1. The maximum atomic E-state index is 12.0. The van der Waals surface area contributed by atoms with Gasteiger partial charge in [-0.2, -0.15) is 8.78 Å². The molecule has 0 aromatic heterocycles. The molecule has 0 N–H and O–H groups in total.